The third-order valence-electron chi connectivity index (χ3n) is 2.71. The fourth-order valence-corrected chi connectivity index (χ4v) is 1.80. The van der Waals surface area contributed by atoms with E-state index in [4.69, 9.17) is 5.73 Å². The Bertz CT molecular complexity index is 495. The van der Waals surface area contributed by atoms with Crippen LogP contribution in [0.5, 0.6) is 0 Å². The van der Waals surface area contributed by atoms with Crippen LogP contribution in [0.25, 0.3) is 0 Å². The van der Waals surface area contributed by atoms with Gasteiger partial charge in [0, 0.05) is 6.20 Å². The maximum Gasteiger partial charge on any atom is 0.123 e. The molecule has 2 aromatic rings. The number of hydrogen-bond donors (Lipinski definition) is 1. The molecular formula is C13H17FN4. The van der Waals surface area contributed by atoms with E-state index in [0.717, 1.165) is 30.5 Å². The molecule has 0 radical (unpaired) electrons. The van der Waals surface area contributed by atoms with Gasteiger partial charge in [-0.2, -0.15) is 0 Å². The van der Waals surface area contributed by atoms with Crippen LogP contribution >= 0.6 is 0 Å². The van der Waals surface area contributed by atoms with Gasteiger partial charge in [-0.05, 0) is 43.5 Å². The molecule has 0 spiro atoms. The van der Waals surface area contributed by atoms with Crippen molar-refractivity contribution in [2.75, 3.05) is 6.54 Å². The molecule has 0 atom stereocenters. The molecule has 1 heterocycles. The van der Waals surface area contributed by atoms with E-state index >= 15 is 0 Å². The topological polar surface area (TPSA) is 56.7 Å². The lowest BCUT2D eigenvalue weighted by molar-refractivity contribution is 0.614. The van der Waals surface area contributed by atoms with Crippen molar-refractivity contribution >= 4 is 0 Å². The fraction of sp³-hybridized carbons (Fsp3) is 0.385. The number of aryl methyl sites for hydroxylation is 1. The largest absolute Gasteiger partial charge is 0.330 e. The SMILES string of the molecule is NCCCCc1cn(Cc2cccc(F)c2)nn1. The summed E-state index contributed by atoms with van der Waals surface area (Å²) in [6.45, 7) is 1.25. The Balaban J connectivity index is 1.94. The summed E-state index contributed by atoms with van der Waals surface area (Å²) < 4.78 is 14.8. The first kappa shape index (κ1) is 12.7. The second-order valence-electron chi connectivity index (χ2n) is 4.28. The molecule has 0 aliphatic carbocycles. The predicted octanol–water partition coefficient (Wildman–Crippen LogP) is 1.75. The molecule has 0 saturated carbocycles. The summed E-state index contributed by atoms with van der Waals surface area (Å²) in [4.78, 5) is 0. The van der Waals surface area contributed by atoms with Crippen LogP contribution in [0.2, 0.25) is 0 Å². The summed E-state index contributed by atoms with van der Waals surface area (Å²) in [6, 6.07) is 6.52. The molecule has 1 aromatic carbocycles. The van der Waals surface area contributed by atoms with Crippen molar-refractivity contribution in [1.82, 2.24) is 15.0 Å². The van der Waals surface area contributed by atoms with Crippen molar-refractivity contribution in [3.63, 3.8) is 0 Å². The van der Waals surface area contributed by atoms with Crippen LogP contribution in [0.1, 0.15) is 24.1 Å². The van der Waals surface area contributed by atoms with Gasteiger partial charge in [0.2, 0.25) is 0 Å². The highest BCUT2D eigenvalue weighted by molar-refractivity contribution is 5.16. The second-order valence-corrected chi connectivity index (χ2v) is 4.28. The highest BCUT2D eigenvalue weighted by Crippen LogP contribution is 2.06. The Morgan fingerprint density at radius 3 is 2.94 bits per heavy atom. The van der Waals surface area contributed by atoms with Gasteiger partial charge in [-0.15, -0.1) is 5.10 Å². The van der Waals surface area contributed by atoms with Crippen LogP contribution in [-0.4, -0.2) is 21.5 Å². The molecule has 0 unspecified atom stereocenters. The van der Waals surface area contributed by atoms with E-state index in [9.17, 15) is 4.39 Å². The van der Waals surface area contributed by atoms with Gasteiger partial charge in [0.15, 0.2) is 0 Å². The molecule has 4 nitrogen and oxygen atoms in total. The lowest BCUT2D eigenvalue weighted by Crippen LogP contribution is -2.00. The quantitative estimate of drug-likeness (QED) is 0.792. The van der Waals surface area contributed by atoms with E-state index in [1.54, 1.807) is 10.7 Å². The molecular weight excluding hydrogens is 231 g/mol. The molecule has 0 fully saturated rings. The summed E-state index contributed by atoms with van der Waals surface area (Å²) in [7, 11) is 0. The number of hydrogen-bond acceptors (Lipinski definition) is 3. The number of aromatic nitrogens is 3. The van der Waals surface area contributed by atoms with Crippen LogP contribution in [0, 0.1) is 5.82 Å². The van der Waals surface area contributed by atoms with Gasteiger partial charge in [0.05, 0.1) is 12.2 Å². The minimum absolute atomic E-state index is 0.226. The smallest absolute Gasteiger partial charge is 0.123 e. The van der Waals surface area contributed by atoms with Crippen LogP contribution in [0.3, 0.4) is 0 Å². The van der Waals surface area contributed by atoms with Crippen molar-refractivity contribution in [2.45, 2.75) is 25.8 Å². The lowest BCUT2D eigenvalue weighted by Gasteiger charge is -2.00. The average molecular weight is 248 g/mol. The van der Waals surface area contributed by atoms with E-state index in [1.165, 1.54) is 12.1 Å². The lowest BCUT2D eigenvalue weighted by atomic mass is 10.2. The normalized spacial score (nSPS) is 10.8. The Kier molecular flexibility index (Phi) is 4.41. The zero-order valence-electron chi connectivity index (χ0n) is 10.2. The summed E-state index contributed by atoms with van der Waals surface area (Å²) in [5.74, 6) is -0.226. The number of benzene rings is 1. The Morgan fingerprint density at radius 1 is 1.28 bits per heavy atom. The summed E-state index contributed by atoms with van der Waals surface area (Å²) >= 11 is 0. The number of nitrogens with two attached hydrogens (primary N) is 1. The van der Waals surface area contributed by atoms with Crippen LogP contribution in [0.15, 0.2) is 30.5 Å². The minimum Gasteiger partial charge on any atom is -0.330 e. The van der Waals surface area contributed by atoms with E-state index in [0.29, 0.717) is 13.1 Å². The number of unbranched alkanes of at least 4 members (excludes halogenated alkanes) is 1. The van der Waals surface area contributed by atoms with E-state index in [-0.39, 0.29) is 5.82 Å². The van der Waals surface area contributed by atoms with Crippen LogP contribution < -0.4 is 5.73 Å². The zero-order chi connectivity index (χ0) is 12.8. The molecule has 0 saturated heterocycles. The van der Waals surface area contributed by atoms with Gasteiger partial charge >= 0.3 is 0 Å². The van der Waals surface area contributed by atoms with Crippen molar-refractivity contribution in [1.29, 1.82) is 0 Å². The summed E-state index contributed by atoms with van der Waals surface area (Å²) in [5, 5.41) is 8.12. The molecule has 1 aromatic heterocycles. The molecule has 18 heavy (non-hydrogen) atoms. The van der Waals surface area contributed by atoms with Gasteiger partial charge < -0.3 is 5.73 Å². The van der Waals surface area contributed by atoms with Gasteiger partial charge in [0.25, 0.3) is 0 Å². The highest BCUT2D eigenvalue weighted by Gasteiger charge is 2.02. The molecule has 0 aliphatic rings. The van der Waals surface area contributed by atoms with Crippen molar-refractivity contribution in [2.24, 2.45) is 5.73 Å². The Labute approximate surface area is 106 Å². The van der Waals surface area contributed by atoms with Gasteiger partial charge in [-0.3, -0.25) is 0 Å². The third-order valence-corrected chi connectivity index (χ3v) is 2.71. The highest BCUT2D eigenvalue weighted by atomic mass is 19.1. The monoisotopic (exact) mass is 248 g/mol. The number of rotatable bonds is 6. The van der Waals surface area contributed by atoms with Crippen molar-refractivity contribution in [3.05, 3.63) is 47.5 Å². The Hall–Kier alpha value is -1.75. The molecule has 2 rings (SSSR count). The Morgan fingerprint density at radius 2 is 2.17 bits per heavy atom. The van der Waals surface area contributed by atoms with Crippen molar-refractivity contribution in [3.8, 4) is 0 Å². The molecule has 0 aliphatic heterocycles. The average Bonchev–Trinajstić information content (AvgIpc) is 2.77. The van der Waals surface area contributed by atoms with Gasteiger partial charge in [-0.25, -0.2) is 9.07 Å². The molecule has 5 heteroatoms. The molecule has 0 amide bonds. The van der Waals surface area contributed by atoms with Gasteiger partial charge in [0.1, 0.15) is 5.82 Å². The zero-order valence-corrected chi connectivity index (χ0v) is 10.2. The van der Waals surface area contributed by atoms with E-state index in [1.807, 2.05) is 12.3 Å². The van der Waals surface area contributed by atoms with E-state index in [2.05, 4.69) is 10.3 Å². The molecule has 0 bridgehead atoms. The number of nitrogens with zero attached hydrogens (tertiary/aromatic N) is 3. The molecule has 2 N–H and O–H groups in total. The van der Waals surface area contributed by atoms with Crippen LogP contribution in [-0.2, 0) is 13.0 Å². The summed E-state index contributed by atoms with van der Waals surface area (Å²) in [6.07, 6.45) is 4.81. The maximum absolute atomic E-state index is 13.0. The number of halogens is 1. The first-order chi connectivity index (χ1) is 8.78. The predicted molar refractivity (Wildman–Crippen MR) is 67.5 cm³/mol. The van der Waals surface area contributed by atoms with Gasteiger partial charge in [-0.1, -0.05) is 17.3 Å². The second kappa shape index (κ2) is 6.26. The van der Waals surface area contributed by atoms with Crippen LogP contribution in [0.4, 0.5) is 4.39 Å². The third kappa shape index (κ3) is 3.63. The van der Waals surface area contributed by atoms with Crippen molar-refractivity contribution < 1.29 is 4.39 Å². The standard InChI is InChI=1S/C13H17FN4/c14-12-5-3-4-11(8-12)9-18-10-13(16-17-18)6-1-2-7-15/h3-5,8,10H,1-2,6-7,9,15H2. The maximum atomic E-state index is 13.0. The minimum atomic E-state index is -0.226. The van der Waals surface area contributed by atoms with E-state index < -0.39 is 0 Å². The fourth-order valence-electron chi connectivity index (χ4n) is 1.80. The molecule has 96 valence electrons. The first-order valence-electron chi connectivity index (χ1n) is 6.11. The first-order valence-corrected chi connectivity index (χ1v) is 6.11. The summed E-state index contributed by atoms with van der Waals surface area (Å²) in [5.41, 5.74) is 7.28.